The van der Waals surface area contributed by atoms with Gasteiger partial charge in [-0.15, -0.1) is 11.3 Å². The zero-order valence-electron chi connectivity index (χ0n) is 16.5. The van der Waals surface area contributed by atoms with Crippen molar-refractivity contribution in [1.29, 1.82) is 5.26 Å². The molecule has 0 spiro atoms. The molecule has 0 amide bonds. The van der Waals surface area contributed by atoms with Crippen LogP contribution in [-0.2, 0) is 19.1 Å². The van der Waals surface area contributed by atoms with Gasteiger partial charge in [0.1, 0.15) is 11.9 Å². The fourth-order valence-corrected chi connectivity index (χ4v) is 4.50. The molecule has 8 heteroatoms. The third kappa shape index (κ3) is 3.57. The molecule has 1 unspecified atom stereocenters. The fourth-order valence-electron chi connectivity index (χ4n) is 3.44. The predicted octanol–water partition coefficient (Wildman–Crippen LogP) is 3.03. The van der Waals surface area contributed by atoms with Crippen molar-refractivity contribution >= 4 is 33.4 Å². The van der Waals surface area contributed by atoms with Gasteiger partial charge in [-0.05, 0) is 43.2 Å². The molecular weight excluding hydrogens is 390 g/mol. The summed E-state index contributed by atoms with van der Waals surface area (Å²) in [7, 11) is 1.28. The second kappa shape index (κ2) is 7.97. The number of thiophene rings is 1. The molecule has 0 aliphatic carbocycles. The van der Waals surface area contributed by atoms with Gasteiger partial charge in [-0.3, -0.25) is 0 Å². The van der Waals surface area contributed by atoms with Gasteiger partial charge in [-0.25, -0.2) is 9.59 Å². The van der Waals surface area contributed by atoms with Crippen LogP contribution in [0.25, 0.3) is 10.1 Å². The highest BCUT2D eigenvalue weighted by Crippen LogP contribution is 2.43. The normalized spacial score (nSPS) is 16.6. The van der Waals surface area contributed by atoms with Crippen LogP contribution in [-0.4, -0.2) is 25.2 Å². The number of nitriles is 1. The van der Waals surface area contributed by atoms with E-state index in [1.807, 2.05) is 11.4 Å². The lowest BCUT2D eigenvalue weighted by Crippen LogP contribution is -2.36. The van der Waals surface area contributed by atoms with Crippen molar-refractivity contribution in [3.63, 3.8) is 0 Å². The Labute approximate surface area is 172 Å². The lowest BCUT2D eigenvalue weighted by Gasteiger charge is -2.29. The van der Waals surface area contributed by atoms with E-state index in [1.165, 1.54) is 18.4 Å². The number of nitrogens with two attached hydrogens (primary N) is 1. The predicted molar refractivity (Wildman–Crippen MR) is 110 cm³/mol. The molecule has 3 N–H and O–H groups in total. The number of nitrogens with one attached hydrogen (secondary N) is 1. The first-order chi connectivity index (χ1) is 13.8. The van der Waals surface area contributed by atoms with E-state index in [4.69, 9.17) is 15.2 Å². The second-order valence-electron chi connectivity index (χ2n) is 6.85. The van der Waals surface area contributed by atoms with Crippen molar-refractivity contribution in [2.45, 2.75) is 32.8 Å². The Bertz CT molecular complexity index is 1100. The third-order valence-electron chi connectivity index (χ3n) is 4.62. The second-order valence-corrected chi connectivity index (χ2v) is 7.73. The van der Waals surface area contributed by atoms with Crippen LogP contribution in [0.15, 0.2) is 46.2 Å². The number of methoxy groups -OCH3 is 1. The molecule has 0 bridgehead atoms. The smallest absolute Gasteiger partial charge is 0.338 e. The number of dihydropyridines is 1. The summed E-state index contributed by atoms with van der Waals surface area (Å²) in [5, 5.41) is 14.9. The van der Waals surface area contributed by atoms with E-state index in [2.05, 4.69) is 11.4 Å². The van der Waals surface area contributed by atoms with Crippen LogP contribution >= 0.6 is 11.3 Å². The Morgan fingerprint density at radius 3 is 2.62 bits per heavy atom. The molecule has 0 radical (unpaired) electrons. The molecule has 7 nitrogen and oxygen atoms in total. The van der Waals surface area contributed by atoms with Crippen molar-refractivity contribution in [3.05, 3.63) is 57.4 Å². The number of carbonyl (C=O) groups is 2. The van der Waals surface area contributed by atoms with E-state index >= 15 is 0 Å². The SMILES string of the molecule is COC(=O)C1=C(C)NC(N)=C(C(=O)OC(C)C)C1c1csc2c(C#N)cccc12. The van der Waals surface area contributed by atoms with Crippen molar-refractivity contribution < 1.29 is 19.1 Å². The number of fused-ring (bicyclic) bond motifs is 1. The minimum absolute atomic E-state index is 0.126. The Hall–Kier alpha value is -3.31. The molecule has 1 aromatic carbocycles. The van der Waals surface area contributed by atoms with Crippen molar-refractivity contribution in [3.8, 4) is 6.07 Å². The first kappa shape index (κ1) is 20.4. The quantitative estimate of drug-likeness (QED) is 0.743. The summed E-state index contributed by atoms with van der Waals surface area (Å²) in [5.74, 6) is -1.84. The highest BCUT2D eigenvalue weighted by atomic mass is 32.1. The Kier molecular flexibility index (Phi) is 5.62. The molecule has 150 valence electrons. The number of nitrogens with zero attached hydrogens (tertiary/aromatic N) is 1. The monoisotopic (exact) mass is 411 g/mol. The van der Waals surface area contributed by atoms with E-state index in [1.54, 1.807) is 32.9 Å². The maximum Gasteiger partial charge on any atom is 0.338 e. The molecule has 3 rings (SSSR count). The number of rotatable bonds is 4. The van der Waals surface area contributed by atoms with Crippen molar-refractivity contribution in [2.24, 2.45) is 5.73 Å². The molecule has 1 aliphatic heterocycles. The molecule has 0 saturated carbocycles. The van der Waals surface area contributed by atoms with Crippen LogP contribution in [0.3, 0.4) is 0 Å². The van der Waals surface area contributed by atoms with Gasteiger partial charge in [0, 0.05) is 5.70 Å². The maximum absolute atomic E-state index is 12.9. The van der Waals surface area contributed by atoms with E-state index in [-0.39, 0.29) is 23.1 Å². The van der Waals surface area contributed by atoms with Crippen LogP contribution in [0.1, 0.15) is 37.8 Å². The van der Waals surface area contributed by atoms with Gasteiger partial charge < -0.3 is 20.5 Å². The fraction of sp³-hybridized carbons (Fsp3) is 0.286. The molecule has 1 atom stereocenters. The van der Waals surface area contributed by atoms with Gasteiger partial charge in [-0.2, -0.15) is 5.26 Å². The van der Waals surface area contributed by atoms with Crippen LogP contribution in [0, 0.1) is 11.3 Å². The van der Waals surface area contributed by atoms with Gasteiger partial charge >= 0.3 is 11.9 Å². The summed E-state index contributed by atoms with van der Waals surface area (Å²) in [5.41, 5.74) is 8.32. The zero-order valence-corrected chi connectivity index (χ0v) is 17.3. The van der Waals surface area contributed by atoms with Crippen molar-refractivity contribution in [1.82, 2.24) is 5.32 Å². The molecule has 1 aliphatic rings. The maximum atomic E-state index is 12.9. The van der Waals surface area contributed by atoms with Gasteiger partial charge in [0.2, 0.25) is 0 Å². The molecule has 0 saturated heterocycles. The molecule has 2 heterocycles. The van der Waals surface area contributed by atoms with E-state index in [9.17, 15) is 14.9 Å². The number of ether oxygens (including phenoxy) is 2. The van der Waals surface area contributed by atoms with Crippen molar-refractivity contribution in [2.75, 3.05) is 7.11 Å². The number of carbonyl (C=O) groups excluding carboxylic acids is 2. The lowest BCUT2D eigenvalue weighted by atomic mass is 9.81. The summed E-state index contributed by atoms with van der Waals surface area (Å²) in [6.45, 7) is 5.18. The first-order valence-corrected chi connectivity index (χ1v) is 9.85. The largest absolute Gasteiger partial charge is 0.466 e. The first-order valence-electron chi connectivity index (χ1n) is 8.97. The van der Waals surface area contributed by atoms with Crippen LogP contribution in [0.4, 0.5) is 0 Å². The van der Waals surface area contributed by atoms with Crippen LogP contribution in [0.2, 0.25) is 0 Å². The Balaban J connectivity index is 2.29. The van der Waals surface area contributed by atoms with Crippen LogP contribution < -0.4 is 11.1 Å². The summed E-state index contributed by atoms with van der Waals surface area (Å²) in [6.07, 6.45) is -0.360. The highest BCUT2D eigenvalue weighted by Gasteiger charge is 2.39. The summed E-state index contributed by atoms with van der Waals surface area (Å²) in [6, 6.07) is 7.53. The van der Waals surface area contributed by atoms with Gasteiger partial charge in [-0.1, -0.05) is 12.1 Å². The van der Waals surface area contributed by atoms with Gasteiger partial charge in [0.15, 0.2) is 0 Å². The third-order valence-corrected chi connectivity index (χ3v) is 5.67. The molecule has 0 fully saturated rings. The molecule has 2 aromatic rings. The lowest BCUT2D eigenvalue weighted by molar-refractivity contribution is -0.143. The zero-order chi connectivity index (χ0) is 21.3. The van der Waals surface area contributed by atoms with E-state index < -0.39 is 17.9 Å². The van der Waals surface area contributed by atoms with E-state index in [0.717, 1.165) is 10.1 Å². The Morgan fingerprint density at radius 1 is 1.28 bits per heavy atom. The van der Waals surface area contributed by atoms with Gasteiger partial charge in [0.25, 0.3) is 0 Å². The summed E-state index contributed by atoms with van der Waals surface area (Å²) >= 11 is 1.38. The van der Waals surface area contributed by atoms with E-state index in [0.29, 0.717) is 16.8 Å². The number of benzene rings is 1. The topological polar surface area (TPSA) is 114 Å². The number of hydrogen-bond donors (Lipinski definition) is 2. The summed E-state index contributed by atoms with van der Waals surface area (Å²) in [4.78, 5) is 25.6. The van der Waals surface area contributed by atoms with Crippen LogP contribution in [0.5, 0.6) is 0 Å². The number of esters is 2. The highest BCUT2D eigenvalue weighted by molar-refractivity contribution is 7.17. The minimum atomic E-state index is -0.780. The Morgan fingerprint density at radius 2 is 2.00 bits per heavy atom. The average molecular weight is 411 g/mol. The minimum Gasteiger partial charge on any atom is -0.466 e. The number of allylic oxidation sites excluding steroid dienone is 1. The molecular formula is C21H21N3O4S. The average Bonchev–Trinajstić information content (AvgIpc) is 3.10. The summed E-state index contributed by atoms with van der Waals surface area (Å²) < 4.78 is 11.2. The standard InChI is InChI=1S/C21H21N3O4S/c1-10(2)28-21(26)17-16(15(20(25)27-4)11(3)24-19(17)23)14-9-29-18-12(8-22)6-5-7-13(14)18/h5-7,9-10,16,24H,23H2,1-4H3. The number of hydrogen-bond acceptors (Lipinski definition) is 8. The molecule has 29 heavy (non-hydrogen) atoms. The molecule has 1 aromatic heterocycles. The van der Waals surface area contributed by atoms with Gasteiger partial charge in [0.05, 0.1) is 40.5 Å².